The highest BCUT2D eigenvalue weighted by molar-refractivity contribution is 7.16. The molecule has 3 heterocycles. The molecular weight excluding hydrogens is 280 g/mol. The maximum absolute atomic E-state index is 4.77. The normalized spacial score (nSPS) is 23.0. The third kappa shape index (κ3) is 2.90. The molecule has 1 aliphatic heterocycles. The van der Waals surface area contributed by atoms with E-state index in [0.717, 1.165) is 34.9 Å². The van der Waals surface area contributed by atoms with Crippen LogP contribution in [0.1, 0.15) is 45.9 Å². The van der Waals surface area contributed by atoms with Crippen molar-refractivity contribution in [3.8, 4) is 0 Å². The van der Waals surface area contributed by atoms with Crippen molar-refractivity contribution >= 4 is 27.4 Å². The number of aromatic nitrogens is 2. The molecule has 3 rings (SSSR count). The first kappa shape index (κ1) is 14.7. The summed E-state index contributed by atoms with van der Waals surface area (Å²) < 4.78 is 0. The number of rotatable bonds is 5. The predicted molar refractivity (Wildman–Crippen MR) is 89.9 cm³/mol. The molecule has 5 heteroatoms. The van der Waals surface area contributed by atoms with Gasteiger partial charge in [-0.1, -0.05) is 6.92 Å². The molecule has 0 aliphatic carbocycles. The summed E-state index contributed by atoms with van der Waals surface area (Å²) in [7, 11) is 0. The molecule has 0 radical (unpaired) electrons. The smallest absolute Gasteiger partial charge is 0.146 e. The van der Waals surface area contributed by atoms with E-state index < -0.39 is 0 Å². The fourth-order valence-electron chi connectivity index (χ4n) is 3.28. The maximum Gasteiger partial charge on any atom is 0.146 e. The number of anilines is 1. The monoisotopic (exact) mass is 304 g/mol. The second-order valence-electron chi connectivity index (χ2n) is 5.82. The summed E-state index contributed by atoms with van der Waals surface area (Å²) in [6.45, 7) is 8.47. The number of hydrogen-bond donors (Lipinski definition) is 1. The minimum Gasteiger partial charge on any atom is -0.370 e. The Bertz CT molecular complexity index is 609. The molecule has 2 unspecified atom stereocenters. The first-order valence-corrected chi connectivity index (χ1v) is 8.84. The summed E-state index contributed by atoms with van der Waals surface area (Å²) in [5.74, 6) is 1.94. The van der Waals surface area contributed by atoms with E-state index in [-0.39, 0.29) is 0 Å². The second-order valence-corrected chi connectivity index (χ2v) is 6.71. The number of likely N-dealkylation sites (tertiary alicyclic amines) is 1. The lowest BCUT2D eigenvalue weighted by Crippen LogP contribution is -2.34. The van der Waals surface area contributed by atoms with Gasteiger partial charge in [0.2, 0.25) is 0 Å². The van der Waals surface area contributed by atoms with Crippen LogP contribution in [0.4, 0.5) is 5.82 Å². The quantitative estimate of drug-likeness (QED) is 0.910. The third-order valence-electron chi connectivity index (χ3n) is 4.46. The Morgan fingerprint density at radius 3 is 2.95 bits per heavy atom. The Labute approximate surface area is 130 Å². The first-order chi connectivity index (χ1) is 10.2. The largest absolute Gasteiger partial charge is 0.370 e. The standard InChI is InChI=1S/C16H24N4S/c1-4-12-7-6-11(3)20(12)10-14-18-15(17-5-2)13-8-9-21-16(13)19-14/h8-9,11-12H,4-7,10H2,1-3H3,(H,17,18,19). The van der Waals surface area contributed by atoms with Gasteiger partial charge < -0.3 is 5.32 Å². The molecule has 1 fully saturated rings. The zero-order valence-electron chi connectivity index (χ0n) is 13.1. The molecule has 0 saturated carbocycles. The highest BCUT2D eigenvalue weighted by Crippen LogP contribution is 2.29. The van der Waals surface area contributed by atoms with Gasteiger partial charge in [0.15, 0.2) is 0 Å². The van der Waals surface area contributed by atoms with Crippen molar-refractivity contribution in [1.29, 1.82) is 0 Å². The van der Waals surface area contributed by atoms with Crippen LogP contribution in [0.3, 0.4) is 0 Å². The molecule has 4 nitrogen and oxygen atoms in total. The Hall–Kier alpha value is -1.20. The van der Waals surface area contributed by atoms with Crippen molar-refractivity contribution in [2.24, 2.45) is 0 Å². The zero-order valence-corrected chi connectivity index (χ0v) is 13.9. The number of thiophene rings is 1. The van der Waals surface area contributed by atoms with Crippen LogP contribution in [0.25, 0.3) is 10.2 Å². The predicted octanol–water partition coefficient (Wildman–Crippen LogP) is 3.89. The molecule has 114 valence electrons. The highest BCUT2D eigenvalue weighted by atomic mass is 32.1. The van der Waals surface area contributed by atoms with E-state index in [1.54, 1.807) is 11.3 Å². The van der Waals surface area contributed by atoms with Gasteiger partial charge in [-0.05, 0) is 44.6 Å². The Morgan fingerprint density at radius 2 is 2.19 bits per heavy atom. The minimum absolute atomic E-state index is 0.639. The number of nitrogens with zero attached hydrogens (tertiary/aromatic N) is 3. The van der Waals surface area contributed by atoms with Gasteiger partial charge in [-0.2, -0.15) is 0 Å². The molecule has 21 heavy (non-hydrogen) atoms. The maximum atomic E-state index is 4.77. The lowest BCUT2D eigenvalue weighted by molar-refractivity contribution is 0.185. The van der Waals surface area contributed by atoms with E-state index in [1.807, 2.05) is 0 Å². The molecule has 0 aromatic carbocycles. The van der Waals surface area contributed by atoms with E-state index in [9.17, 15) is 0 Å². The van der Waals surface area contributed by atoms with Crippen molar-refractivity contribution in [2.75, 3.05) is 11.9 Å². The van der Waals surface area contributed by atoms with Gasteiger partial charge in [-0.15, -0.1) is 11.3 Å². The van der Waals surface area contributed by atoms with E-state index in [2.05, 4.69) is 42.4 Å². The summed E-state index contributed by atoms with van der Waals surface area (Å²) in [5, 5.41) is 6.62. The average molecular weight is 304 g/mol. The van der Waals surface area contributed by atoms with Gasteiger partial charge in [0.1, 0.15) is 16.5 Å². The second kappa shape index (κ2) is 6.28. The van der Waals surface area contributed by atoms with Crippen molar-refractivity contribution in [1.82, 2.24) is 14.9 Å². The Morgan fingerprint density at radius 1 is 1.33 bits per heavy atom. The van der Waals surface area contributed by atoms with Gasteiger partial charge in [0, 0.05) is 18.6 Å². The molecule has 1 aliphatic rings. The minimum atomic E-state index is 0.639. The van der Waals surface area contributed by atoms with Crippen LogP contribution < -0.4 is 5.32 Å². The number of fused-ring (bicyclic) bond motifs is 1. The van der Waals surface area contributed by atoms with E-state index in [4.69, 9.17) is 9.97 Å². The van der Waals surface area contributed by atoms with Crippen molar-refractivity contribution < 1.29 is 0 Å². The molecule has 1 saturated heterocycles. The van der Waals surface area contributed by atoms with Crippen molar-refractivity contribution in [3.05, 3.63) is 17.3 Å². The van der Waals surface area contributed by atoms with Crippen LogP contribution in [-0.4, -0.2) is 33.5 Å². The molecular formula is C16H24N4S. The molecule has 2 atom stereocenters. The fraction of sp³-hybridized carbons (Fsp3) is 0.625. The molecule has 2 aromatic heterocycles. The third-order valence-corrected chi connectivity index (χ3v) is 5.27. The van der Waals surface area contributed by atoms with Crippen LogP contribution in [0, 0.1) is 0 Å². The van der Waals surface area contributed by atoms with Crippen LogP contribution in [0.5, 0.6) is 0 Å². The number of nitrogens with one attached hydrogen (secondary N) is 1. The van der Waals surface area contributed by atoms with Gasteiger partial charge >= 0.3 is 0 Å². The molecule has 2 aromatic rings. The van der Waals surface area contributed by atoms with Gasteiger partial charge in [0.25, 0.3) is 0 Å². The van der Waals surface area contributed by atoms with Crippen LogP contribution in [-0.2, 0) is 6.54 Å². The summed E-state index contributed by atoms with van der Waals surface area (Å²) in [5.41, 5.74) is 0. The van der Waals surface area contributed by atoms with Crippen LogP contribution >= 0.6 is 11.3 Å². The summed E-state index contributed by atoms with van der Waals surface area (Å²) in [4.78, 5) is 13.2. The molecule has 0 amide bonds. The van der Waals surface area contributed by atoms with Crippen molar-refractivity contribution in [3.63, 3.8) is 0 Å². The zero-order chi connectivity index (χ0) is 14.8. The van der Waals surface area contributed by atoms with E-state index in [1.165, 1.54) is 19.3 Å². The molecule has 0 spiro atoms. The SMILES string of the molecule is CCNc1nc(CN2C(C)CCC2CC)nc2sccc12. The average Bonchev–Trinajstić information content (AvgIpc) is 3.07. The lowest BCUT2D eigenvalue weighted by atomic mass is 10.1. The Kier molecular flexibility index (Phi) is 4.40. The summed E-state index contributed by atoms with van der Waals surface area (Å²) >= 11 is 1.70. The van der Waals surface area contributed by atoms with Gasteiger partial charge in [-0.25, -0.2) is 9.97 Å². The fourth-order valence-corrected chi connectivity index (χ4v) is 4.07. The van der Waals surface area contributed by atoms with E-state index >= 15 is 0 Å². The number of hydrogen-bond acceptors (Lipinski definition) is 5. The van der Waals surface area contributed by atoms with Crippen LogP contribution in [0.15, 0.2) is 11.4 Å². The van der Waals surface area contributed by atoms with Crippen LogP contribution in [0.2, 0.25) is 0 Å². The van der Waals surface area contributed by atoms with Gasteiger partial charge in [-0.3, -0.25) is 4.90 Å². The topological polar surface area (TPSA) is 41.1 Å². The van der Waals surface area contributed by atoms with Gasteiger partial charge in [0.05, 0.1) is 11.9 Å². The Balaban J connectivity index is 1.89. The highest BCUT2D eigenvalue weighted by Gasteiger charge is 2.29. The first-order valence-electron chi connectivity index (χ1n) is 7.96. The summed E-state index contributed by atoms with van der Waals surface area (Å²) in [6, 6.07) is 3.43. The molecule has 0 bridgehead atoms. The summed E-state index contributed by atoms with van der Waals surface area (Å²) in [6.07, 6.45) is 3.81. The lowest BCUT2D eigenvalue weighted by Gasteiger charge is -2.26. The van der Waals surface area contributed by atoms with E-state index in [0.29, 0.717) is 12.1 Å². The molecule has 1 N–H and O–H groups in total. The van der Waals surface area contributed by atoms with Crippen molar-refractivity contribution in [2.45, 2.75) is 58.7 Å².